The molecular formula is C66H84ClNO13. The molecular weight excluding hydrogens is 1050 g/mol. The van der Waals surface area contributed by atoms with Crippen molar-refractivity contribution in [2.45, 2.75) is 209 Å². The van der Waals surface area contributed by atoms with Gasteiger partial charge in [-0.05, 0) is 202 Å². The average molecular weight is 1130 g/mol. The highest BCUT2D eigenvalue weighted by molar-refractivity contribution is 6.31. The Morgan fingerprint density at radius 1 is 0.630 bits per heavy atom. The Morgan fingerprint density at radius 2 is 1.20 bits per heavy atom. The number of esters is 4. The first-order valence-corrected chi connectivity index (χ1v) is 29.3. The zero-order valence-electron chi connectivity index (χ0n) is 50.2. The molecule has 1 N–H and O–H groups in total. The molecule has 3 aliphatic carbocycles. The molecule has 438 valence electrons. The number of hydrogen-bond donors (Lipinski definition) is 1. The Labute approximate surface area is 484 Å². The van der Waals surface area contributed by atoms with Gasteiger partial charge in [0.2, 0.25) is 0 Å². The fraction of sp³-hybridized carbons (Fsp3) is 0.545. The summed E-state index contributed by atoms with van der Waals surface area (Å²) in [6.07, 6.45) is 10.9. The van der Waals surface area contributed by atoms with E-state index in [4.69, 9.17) is 44.8 Å². The summed E-state index contributed by atoms with van der Waals surface area (Å²) in [6, 6.07) is 15.4. The molecule has 0 unspecified atom stereocenters. The van der Waals surface area contributed by atoms with E-state index < -0.39 is 34.3 Å². The first kappa shape index (κ1) is 62.4. The van der Waals surface area contributed by atoms with Gasteiger partial charge in [-0.25, -0.2) is 14.4 Å². The second-order valence-electron chi connectivity index (χ2n) is 24.8. The number of ether oxygens (including phenoxy) is 7. The normalized spacial score (nSPS) is 21.1. The van der Waals surface area contributed by atoms with Gasteiger partial charge in [-0.3, -0.25) is 14.4 Å². The van der Waals surface area contributed by atoms with Crippen LogP contribution in [0.2, 0.25) is 5.02 Å². The molecule has 0 atom stereocenters. The lowest BCUT2D eigenvalue weighted by Crippen LogP contribution is -2.49. The second kappa shape index (κ2) is 25.1. The van der Waals surface area contributed by atoms with Crippen molar-refractivity contribution < 1.29 is 61.9 Å². The second-order valence-corrected chi connectivity index (χ2v) is 25.2. The van der Waals surface area contributed by atoms with Gasteiger partial charge in [0.05, 0.1) is 35.7 Å². The van der Waals surface area contributed by atoms with Gasteiger partial charge in [0.1, 0.15) is 16.9 Å². The molecule has 3 saturated carbocycles. The predicted molar refractivity (Wildman–Crippen MR) is 311 cm³/mol. The first-order valence-electron chi connectivity index (χ1n) is 28.9. The summed E-state index contributed by atoms with van der Waals surface area (Å²) < 4.78 is 39.7. The van der Waals surface area contributed by atoms with E-state index in [0.717, 1.165) is 89.5 Å². The van der Waals surface area contributed by atoms with E-state index in [0.29, 0.717) is 95.9 Å². The van der Waals surface area contributed by atoms with Crippen LogP contribution in [0.4, 0.5) is 4.79 Å². The average Bonchev–Trinajstić information content (AvgIpc) is 4.11. The molecule has 3 fully saturated rings. The highest BCUT2D eigenvalue weighted by Gasteiger charge is 2.55. The predicted octanol–water partition coefficient (Wildman–Crippen LogP) is 14.4. The molecule has 81 heavy (non-hydrogen) atoms. The highest BCUT2D eigenvalue weighted by atomic mass is 35.5. The van der Waals surface area contributed by atoms with Crippen molar-refractivity contribution >= 4 is 64.3 Å². The van der Waals surface area contributed by atoms with Crippen LogP contribution in [0.3, 0.4) is 0 Å². The van der Waals surface area contributed by atoms with Crippen LogP contribution in [0, 0.1) is 52.4 Å². The van der Waals surface area contributed by atoms with Gasteiger partial charge >= 0.3 is 30.0 Å². The number of halogens is 1. The maximum atomic E-state index is 13.0. The van der Waals surface area contributed by atoms with Crippen molar-refractivity contribution in [2.75, 3.05) is 13.7 Å². The zero-order chi connectivity index (χ0) is 59.4. The SMILES string of the molecule is CCC(C)(C)C(=O)OC1=C(c2ccc(Cl)cc2C)C(=O)OC12CCCCC2.CCOC(=O)OC1=C(c2cc(C)ccc2C)C(=O)NC12CCC(OC)CC2.Cc1cc(C)c(C2=C(OC(=O)CC(C)(C)C)C3(CCCC3)OC2=O)c(C)c1. The van der Waals surface area contributed by atoms with E-state index in [1.54, 1.807) is 32.2 Å². The first-order chi connectivity index (χ1) is 38.1. The van der Waals surface area contributed by atoms with E-state index in [-0.39, 0.29) is 41.9 Å². The molecule has 0 bridgehead atoms. The maximum absolute atomic E-state index is 13.0. The minimum atomic E-state index is -0.823. The van der Waals surface area contributed by atoms with E-state index in [1.807, 2.05) is 101 Å². The number of hydrogen-bond acceptors (Lipinski definition) is 13. The van der Waals surface area contributed by atoms with Gasteiger partial charge in [-0.1, -0.05) is 93.2 Å². The minimum Gasteiger partial charge on any atom is -0.447 e. The molecule has 3 aromatic carbocycles. The highest BCUT2D eigenvalue weighted by Crippen LogP contribution is 2.51. The minimum absolute atomic E-state index is 0.154. The van der Waals surface area contributed by atoms with E-state index in [9.17, 15) is 28.8 Å². The van der Waals surface area contributed by atoms with Gasteiger partial charge in [-0.15, -0.1) is 0 Å². The lowest BCUT2D eigenvalue weighted by Gasteiger charge is -2.37. The smallest absolute Gasteiger partial charge is 0.447 e. The fourth-order valence-electron chi connectivity index (χ4n) is 12.1. The number of nitrogens with one attached hydrogen (secondary N) is 1. The molecule has 6 aliphatic rings. The van der Waals surface area contributed by atoms with E-state index >= 15 is 0 Å². The molecule has 0 aromatic heterocycles. The Hall–Kier alpha value is -6.25. The van der Waals surface area contributed by atoms with Crippen LogP contribution < -0.4 is 5.32 Å². The van der Waals surface area contributed by atoms with Crippen molar-refractivity contribution in [2.24, 2.45) is 10.8 Å². The van der Waals surface area contributed by atoms with Crippen molar-refractivity contribution in [3.8, 4) is 0 Å². The third kappa shape index (κ3) is 13.7. The molecule has 3 heterocycles. The van der Waals surface area contributed by atoms with Crippen LogP contribution in [0.5, 0.6) is 0 Å². The standard InChI is InChI=1S/C23H30O4.C22H27ClO4.C21H27NO5/c1-14-11-15(2)18(16(3)12-14)19-20(26-17(24)13-22(4,5)6)23(27-21(19)25)9-7-8-10-23;1-5-21(3,4)20(25)26-18-17(16-10-9-15(23)13-14(16)2)19(24)27-22(18)11-7-6-8-12-22;1-5-26-20(24)27-18-17(16-12-13(2)6-7-14(16)3)19(23)22-21(18)10-8-15(25-4)9-11-21/h11-12H,7-10,13H2,1-6H3;9-10,13H,5-8,11-12H2,1-4H3;6-7,12,15H,5,8-11H2,1-4H3,(H,22,23). The topological polar surface area (TPSA) is 179 Å². The third-order valence-electron chi connectivity index (χ3n) is 16.7. The lowest BCUT2D eigenvalue weighted by atomic mass is 9.79. The molecule has 0 radical (unpaired) electrons. The Morgan fingerprint density at radius 3 is 1.74 bits per heavy atom. The van der Waals surface area contributed by atoms with Gasteiger partial charge in [-0.2, -0.15) is 0 Å². The molecule has 3 aromatic rings. The number of amides is 1. The molecule has 3 spiro atoms. The number of carbonyl (C=O) groups excluding carboxylic acids is 6. The number of benzene rings is 3. The van der Waals surface area contributed by atoms with Crippen molar-refractivity contribution in [3.63, 3.8) is 0 Å². The maximum Gasteiger partial charge on any atom is 0.513 e. The number of aryl methyl sites for hydroxylation is 6. The van der Waals surface area contributed by atoms with Crippen LogP contribution in [-0.2, 0) is 57.1 Å². The van der Waals surface area contributed by atoms with Gasteiger partial charge in [0.15, 0.2) is 22.7 Å². The molecule has 0 saturated heterocycles. The molecule has 1 amide bonds. The summed E-state index contributed by atoms with van der Waals surface area (Å²) in [5, 5.41) is 3.70. The van der Waals surface area contributed by atoms with Crippen LogP contribution in [0.15, 0.2) is 65.8 Å². The summed E-state index contributed by atoms with van der Waals surface area (Å²) >= 11 is 6.08. The summed E-state index contributed by atoms with van der Waals surface area (Å²) in [5.74, 6) is -0.411. The van der Waals surface area contributed by atoms with Crippen LogP contribution in [0.25, 0.3) is 16.7 Å². The summed E-state index contributed by atoms with van der Waals surface area (Å²) in [7, 11) is 1.70. The largest absolute Gasteiger partial charge is 0.513 e. The molecule has 9 rings (SSSR count). The Kier molecular flexibility index (Phi) is 19.3. The molecule has 3 aliphatic heterocycles. The number of methoxy groups -OCH3 is 1. The molecule has 14 nitrogen and oxygen atoms in total. The van der Waals surface area contributed by atoms with Crippen molar-refractivity contribution in [1.82, 2.24) is 5.32 Å². The lowest BCUT2D eigenvalue weighted by molar-refractivity contribution is -0.160. The van der Waals surface area contributed by atoms with Crippen LogP contribution in [0.1, 0.15) is 195 Å². The van der Waals surface area contributed by atoms with E-state index in [2.05, 4.69) is 17.4 Å². The summed E-state index contributed by atoms with van der Waals surface area (Å²) in [5.41, 5.74) is 6.47. The van der Waals surface area contributed by atoms with Gasteiger partial charge in [0, 0.05) is 12.1 Å². The van der Waals surface area contributed by atoms with E-state index in [1.165, 1.54) is 0 Å². The van der Waals surface area contributed by atoms with Gasteiger partial charge < -0.3 is 38.5 Å². The Bertz CT molecular complexity index is 3020. The van der Waals surface area contributed by atoms with Gasteiger partial charge in [0.25, 0.3) is 5.91 Å². The summed E-state index contributed by atoms with van der Waals surface area (Å²) in [6.45, 7) is 25.4. The zero-order valence-corrected chi connectivity index (χ0v) is 51.0. The number of rotatable bonds is 11. The fourth-order valence-corrected chi connectivity index (χ4v) is 12.3. The third-order valence-corrected chi connectivity index (χ3v) is 17.0. The molecule has 15 heteroatoms. The quantitative estimate of drug-likeness (QED) is 0.142. The Balaban J connectivity index is 0.000000175. The summed E-state index contributed by atoms with van der Waals surface area (Å²) in [4.78, 5) is 76.4. The monoisotopic (exact) mass is 1130 g/mol. The van der Waals surface area contributed by atoms with Crippen molar-refractivity contribution in [3.05, 3.63) is 121 Å². The van der Waals surface area contributed by atoms with Crippen molar-refractivity contribution in [1.29, 1.82) is 0 Å². The van der Waals surface area contributed by atoms with Crippen LogP contribution >= 0.6 is 11.6 Å². The number of carbonyl (C=O) groups is 6. The van der Waals surface area contributed by atoms with Crippen LogP contribution in [-0.4, -0.2) is 72.5 Å².